The molecule has 3 rings (SSSR count). The summed E-state index contributed by atoms with van der Waals surface area (Å²) in [6, 6.07) is 8.16. The van der Waals surface area contributed by atoms with Gasteiger partial charge in [0.25, 0.3) is 0 Å². The lowest BCUT2D eigenvalue weighted by molar-refractivity contribution is -0.137. The first kappa shape index (κ1) is 15.9. The fraction of sp³-hybridized carbons (Fsp3) is 0.125. The summed E-state index contributed by atoms with van der Waals surface area (Å²) in [5, 5.41) is 0.501. The molecule has 0 aliphatic heterocycles. The highest BCUT2D eigenvalue weighted by Gasteiger charge is 2.31. The van der Waals surface area contributed by atoms with E-state index in [4.69, 9.17) is 16.2 Å². The first-order valence-corrected chi connectivity index (χ1v) is 6.88. The molecule has 0 saturated carbocycles. The SMILES string of the molecule is COc1ccc(C(F)(F)F)cc1-c1ccc2nc(N)nc(N)c2c1. The van der Waals surface area contributed by atoms with Crippen LogP contribution in [0.5, 0.6) is 5.75 Å². The maximum absolute atomic E-state index is 13.0. The molecule has 0 bridgehead atoms. The molecule has 8 heteroatoms. The van der Waals surface area contributed by atoms with E-state index in [9.17, 15) is 13.2 Å². The van der Waals surface area contributed by atoms with Crippen molar-refractivity contribution in [1.82, 2.24) is 9.97 Å². The van der Waals surface area contributed by atoms with Gasteiger partial charge < -0.3 is 16.2 Å². The predicted octanol–water partition coefficient (Wildman–Crippen LogP) is 3.49. The quantitative estimate of drug-likeness (QED) is 0.749. The van der Waals surface area contributed by atoms with Gasteiger partial charge in [0.2, 0.25) is 5.95 Å². The summed E-state index contributed by atoms with van der Waals surface area (Å²) in [6.07, 6.45) is -4.45. The summed E-state index contributed by atoms with van der Waals surface area (Å²) in [7, 11) is 1.39. The first-order chi connectivity index (χ1) is 11.3. The predicted molar refractivity (Wildman–Crippen MR) is 85.4 cm³/mol. The number of nitrogens with two attached hydrogens (primary N) is 2. The Bertz CT molecular complexity index is 925. The van der Waals surface area contributed by atoms with Crippen molar-refractivity contribution >= 4 is 22.7 Å². The van der Waals surface area contributed by atoms with Crippen LogP contribution >= 0.6 is 0 Å². The molecule has 0 fully saturated rings. The fourth-order valence-corrected chi connectivity index (χ4v) is 2.45. The van der Waals surface area contributed by atoms with Gasteiger partial charge in [-0.3, -0.25) is 0 Å². The zero-order valence-corrected chi connectivity index (χ0v) is 12.6. The molecule has 0 aliphatic carbocycles. The monoisotopic (exact) mass is 334 g/mol. The second-order valence-electron chi connectivity index (χ2n) is 5.11. The molecule has 0 spiro atoms. The van der Waals surface area contributed by atoms with Crippen molar-refractivity contribution in [1.29, 1.82) is 0 Å². The van der Waals surface area contributed by atoms with E-state index in [-0.39, 0.29) is 11.8 Å². The largest absolute Gasteiger partial charge is 0.496 e. The van der Waals surface area contributed by atoms with Crippen LogP contribution in [0.4, 0.5) is 24.9 Å². The zero-order valence-electron chi connectivity index (χ0n) is 12.6. The number of fused-ring (bicyclic) bond motifs is 1. The van der Waals surface area contributed by atoms with E-state index >= 15 is 0 Å². The van der Waals surface area contributed by atoms with E-state index in [1.807, 2.05) is 0 Å². The van der Waals surface area contributed by atoms with Crippen LogP contribution in [0.15, 0.2) is 36.4 Å². The van der Waals surface area contributed by atoms with Crippen molar-refractivity contribution < 1.29 is 17.9 Å². The van der Waals surface area contributed by atoms with Crippen molar-refractivity contribution in [3.8, 4) is 16.9 Å². The molecule has 2 aromatic carbocycles. The Hall–Kier alpha value is -3.03. The number of hydrogen-bond donors (Lipinski definition) is 2. The van der Waals surface area contributed by atoms with Gasteiger partial charge in [-0.15, -0.1) is 0 Å². The van der Waals surface area contributed by atoms with Crippen LogP contribution in [0.3, 0.4) is 0 Å². The van der Waals surface area contributed by atoms with Gasteiger partial charge in [0.05, 0.1) is 18.2 Å². The highest BCUT2D eigenvalue weighted by atomic mass is 19.4. The summed E-state index contributed by atoms with van der Waals surface area (Å²) in [6.45, 7) is 0. The third-order valence-corrected chi connectivity index (χ3v) is 3.58. The van der Waals surface area contributed by atoms with Crippen LogP contribution < -0.4 is 16.2 Å². The Labute approximate surface area is 135 Å². The Morgan fingerprint density at radius 2 is 1.75 bits per heavy atom. The van der Waals surface area contributed by atoms with E-state index in [1.165, 1.54) is 13.2 Å². The highest BCUT2D eigenvalue weighted by Crippen LogP contribution is 2.38. The topological polar surface area (TPSA) is 87.0 Å². The second-order valence-corrected chi connectivity index (χ2v) is 5.11. The van der Waals surface area contributed by atoms with Crippen LogP contribution in [0, 0.1) is 0 Å². The van der Waals surface area contributed by atoms with Gasteiger partial charge in [0.1, 0.15) is 11.6 Å². The van der Waals surface area contributed by atoms with Crippen molar-refractivity contribution in [2.45, 2.75) is 6.18 Å². The lowest BCUT2D eigenvalue weighted by Gasteiger charge is -2.13. The number of hydrogen-bond acceptors (Lipinski definition) is 5. The average Bonchev–Trinajstić information content (AvgIpc) is 2.53. The molecular formula is C16H13F3N4O. The average molecular weight is 334 g/mol. The molecular weight excluding hydrogens is 321 g/mol. The van der Waals surface area contributed by atoms with Crippen LogP contribution in [0.1, 0.15) is 5.56 Å². The van der Waals surface area contributed by atoms with E-state index in [0.29, 0.717) is 27.8 Å². The van der Waals surface area contributed by atoms with E-state index in [0.717, 1.165) is 12.1 Å². The smallest absolute Gasteiger partial charge is 0.416 e. The van der Waals surface area contributed by atoms with Crippen molar-refractivity contribution in [2.75, 3.05) is 18.6 Å². The number of anilines is 2. The van der Waals surface area contributed by atoms with Gasteiger partial charge in [0.15, 0.2) is 0 Å². The molecule has 0 aliphatic rings. The Kier molecular flexibility index (Phi) is 3.67. The van der Waals surface area contributed by atoms with Crippen molar-refractivity contribution in [2.24, 2.45) is 0 Å². The van der Waals surface area contributed by atoms with Gasteiger partial charge in [0, 0.05) is 10.9 Å². The highest BCUT2D eigenvalue weighted by molar-refractivity contribution is 5.93. The van der Waals surface area contributed by atoms with Gasteiger partial charge >= 0.3 is 6.18 Å². The number of alkyl halides is 3. The van der Waals surface area contributed by atoms with Gasteiger partial charge in [-0.25, -0.2) is 4.98 Å². The van der Waals surface area contributed by atoms with Crippen molar-refractivity contribution in [3.63, 3.8) is 0 Å². The standard InChI is InChI=1S/C16H13F3N4O/c1-24-13-5-3-9(16(17,18)19)7-10(13)8-2-4-12-11(6-8)14(20)23-15(21)22-12/h2-7H,1H3,(H4,20,21,22,23). The third kappa shape index (κ3) is 2.78. The summed E-state index contributed by atoms with van der Waals surface area (Å²) in [4.78, 5) is 7.92. The maximum atomic E-state index is 13.0. The molecule has 4 N–H and O–H groups in total. The molecule has 0 unspecified atom stereocenters. The Morgan fingerprint density at radius 3 is 2.42 bits per heavy atom. The van der Waals surface area contributed by atoms with Gasteiger partial charge in [-0.2, -0.15) is 18.2 Å². The molecule has 0 radical (unpaired) electrons. The minimum absolute atomic E-state index is 0.0319. The van der Waals surface area contributed by atoms with E-state index in [1.54, 1.807) is 18.2 Å². The van der Waals surface area contributed by atoms with Crippen LogP contribution in [0.25, 0.3) is 22.0 Å². The Morgan fingerprint density at radius 1 is 1.00 bits per heavy atom. The molecule has 24 heavy (non-hydrogen) atoms. The number of rotatable bonds is 2. The summed E-state index contributed by atoms with van der Waals surface area (Å²) < 4.78 is 44.1. The van der Waals surface area contributed by atoms with Gasteiger partial charge in [-0.1, -0.05) is 6.07 Å². The van der Waals surface area contributed by atoms with Crippen LogP contribution in [0.2, 0.25) is 0 Å². The number of nitrogen functional groups attached to an aromatic ring is 2. The molecule has 5 nitrogen and oxygen atoms in total. The minimum atomic E-state index is -4.45. The molecule has 3 aromatic rings. The third-order valence-electron chi connectivity index (χ3n) is 3.58. The number of methoxy groups -OCH3 is 1. The van der Waals surface area contributed by atoms with E-state index in [2.05, 4.69) is 9.97 Å². The molecule has 124 valence electrons. The molecule has 0 atom stereocenters. The minimum Gasteiger partial charge on any atom is -0.496 e. The zero-order chi connectivity index (χ0) is 17.5. The second kappa shape index (κ2) is 5.55. The summed E-state index contributed by atoms with van der Waals surface area (Å²) >= 11 is 0. The summed E-state index contributed by atoms with van der Waals surface area (Å²) in [5.74, 6) is 0.506. The number of nitrogens with zero attached hydrogens (tertiary/aromatic N) is 2. The van der Waals surface area contributed by atoms with Crippen LogP contribution in [-0.2, 0) is 6.18 Å². The van der Waals surface area contributed by atoms with Gasteiger partial charge in [-0.05, 0) is 35.9 Å². The number of ether oxygens (including phenoxy) is 1. The molecule has 1 heterocycles. The first-order valence-electron chi connectivity index (χ1n) is 6.88. The Balaban J connectivity index is 2.23. The lowest BCUT2D eigenvalue weighted by Crippen LogP contribution is -2.05. The number of aromatic nitrogens is 2. The number of halogens is 3. The molecule has 1 aromatic heterocycles. The fourth-order valence-electron chi connectivity index (χ4n) is 2.45. The maximum Gasteiger partial charge on any atom is 0.416 e. The lowest BCUT2D eigenvalue weighted by atomic mass is 10.00. The van der Waals surface area contributed by atoms with Crippen molar-refractivity contribution in [3.05, 3.63) is 42.0 Å². The molecule has 0 amide bonds. The number of benzene rings is 2. The molecule has 0 saturated heterocycles. The summed E-state index contributed by atoms with van der Waals surface area (Å²) in [5.41, 5.74) is 11.9. The normalized spacial score (nSPS) is 11.7. The van der Waals surface area contributed by atoms with E-state index < -0.39 is 11.7 Å². The van der Waals surface area contributed by atoms with Crippen LogP contribution in [-0.4, -0.2) is 17.1 Å².